The molecule has 0 fully saturated rings. The van der Waals surface area contributed by atoms with Crippen molar-refractivity contribution in [2.75, 3.05) is 0 Å². The van der Waals surface area contributed by atoms with Crippen LogP contribution in [0, 0.1) is 20.8 Å². The van der Waals surface area contributed by atoms with E-state index in [9.17, 15) is 14.4 Å². The first-order chi connectivity index (χ1) is 13.3. The third-order valence-corrected chi connectivity index (χ3v) is 5.35. The molecule has 1 aromatic heterocycles. The van der Waals surface area contributed by atoms with Crippen molar-refractivity contribution in [2.45, 2.75) is 33.4 Å². The molecule has 0 spiro atoms. The lowest BCUT2D eigenvalue weighted by Crippen LogP contribution is -2.26. The molecule has 0 saturated heterocycles. The van der Waals surface area contributed by atoms with Crippen molar-refractivity contribution < 1.29 is 14.3 Å². The van der Waals surface area contributed by atoms with Crippen LogP contribution in [0.15, 0.2) is 58.7 Å². The molecule has 0 amide bonds. The van der Waals surface area contributed by atoms with E-state index in [1.165, 1.54) is 4.57 Å². The number of hydrogen-bond donors (Lipinski definition) is 0. The SMILES string of the molecule is Cc1ccc(C(=O)C(OC(=O)Cn2c(C)csc2=O)c2ccc(C)cc2)cc1. The lowest BCUT2D eigenvalue weighted by atomic mass is 9.98. The molecule has 0 aliphatic heterocycles. The smallest absolute Gasteiger partial charge is 0.327 e. The molecule has 2 aromatic carbocycles. The van der Waals surface area contributed by atoms with Gasteiger partial charge in [-0.1, -0.05) is 71.0 Å². The minimum atomic E-state index is -1.06. The molecular formula is C22H21NO4S. The Bertz CT molecular complexity index is 1050. The molecule has 1 atom stereocenters. The van der Waals surface area contributed by atoms with Gasteiger partial charge in [-0.25, -0.2) is 0 Å². The number of carbonyl (C=O) groups excluding carboxylic acids is 2. The molecule has 0 aliphatic rings. The van der Waals surface area contributed by atoms with Crippen molar-refractivity contribution in [2.24, 2.45) is 0 Å². The number of hydrogen-bond acceptors (Lipinski definition) is 5. The second-order valence-corrected chi connectivity index (χ2v) is 7.56. The Morgan fingerprint density at radius 2 is 1.54 bits per heavy atom. The van der Waals surface area contributed by atoms with E-state index < -0.39 is 12.1 Å². The fourth-order valence-electron chi connectivity index (χ4n) is 2.78. The molecule has 0 saturated carbocycles. The van der Waals surface area contributed by atoms with Crippen molar-refractivity contribution in [3.63, 3.8) is 0 Å². The Morgan fingerprint density at radius 1 is 0.964 bits per heavy atom. The molecule has 144 valence electrons. The van der Waals surface area contributed by atoms with Crippen molar-refractivity contribution in [3.05, 3.63) is 91.5 Å². The first-order valence-corrected chi connectivity index (χ1v) is 9.75. The van der Waals surface area contributed by atoms with E-state index in [0.29, 0.717) is 16.8 Å². The number of esters is 1. The average Bonchev–Trinajstić information content (AvgIpc) is 2.99. The monoisotopic (exact) mass is 395 g/mol. The third-order valence-electron chi connectivity index (χ3n) is 4.47. The van der Waals surface area contributed by atoms with Crippen LogP contribution in [0.4, 0.5) is 0 Å². The number of Topliss-reactive ketones (excluding diaryl/α,β-unsaturated/α-hetero) is 1. The summed E-state index contributed by atoms with van der Waals surface area (Å²) in [5.74, 6) is -0.929. The summed E-state index contributed by atoms with van der Waals surface area (Å²) in [5, 5.41) is 1.69. The average molecular weight is 395 g/mol. The number of ether oxygens (including phenoxy) is 1. The van der Waals surface area contributed by atoms with E-state index in [1.807, 2.05) is 38.1 Å². The highest BCUT2D eigenvalue weighted by atomic mass is 32.1. The molecule has 1 heterocycles. The Hall–Kier alpha value is -2.99. The fourth-order valence-corrected chi connectivity index (χ4v) is 3.51. The third kappa shape index (κ3) is 4.46. The first kappa shape index (κ1) is 19.8. The van der Waals surface area contributed by atoms with Crippen molar-refractivity contribution >= 4 is 23.1 Å². The minimum absolute atomic E-state index is 0.224. The van der Waals surface area contributed by atoms with Crippen LogP contribution < -0.4 is 4.87 Å². The van der Waals surface area contributed by atoms with Crippen LogP contribution in [0.2, 0.25) is 0 Å². The molecule has 28 heavy (non-hydrogen) atoms. The predicted octanol–water partition coefficient (Wildman–Crippen LogP) is 4.00. The van der Waals surface area contributed by atoms with Crippen LogP contribution in [-0.2, 0) is 16.1 Å². The molecule has 0 N–H and O–H groups in total. The van der Waals surface area contributed by atoms with Gasteiger partial charge in [-0.2, -0.15) is 0 Å². The number of rotatable bonds is 6. The summed E-state index contributed by atoms with van der Waals surface area (Å²) < 4.78 is 6.91. The van der Waals surface area contributed by atoms with Crippen molar-refractivity contribution in [3.8, 4) is 0 Å². The molecule has 3 rings (SSSR count). The molecule has 0 radical (unpaired) electrons. The van der Waals surface area contributed by atoms with Crippen LogP contribution in [0.3, 0.4) is 0 Å². The molecular weight excluding hydrogens is 374 g/mol. The maximum Gasteiger partial charge on any atom is 0.327 e. The Balaban J connectivity index is 1.88. The summed E-state index contributed by atoms with van der Waals surface area (Å²) in [7, 11) is 0. The van der Waals surface area contributed by atoms with Crippen LogP contribution in [-0.4, -0.2) is 16.3 Å². The van der Waals surface area contributed by atoms with Gasteiger partial charge >= 0.3 is 10.8 Å². The first-order valence-electron chi connectivity index (χ1n) is 8.87. The summed E-state index contributed by atoms with van der Waals surface area (Å²) in [5.41, 5.74) is 3.82. The highest BCUT2D eigenvalue weighted by molar-refractivity contribution is 7.07. The Morgan fingerprint density at radius 3 is 2.07 bits per heavy atom. The molecule has 0 bridgehead atoms. The molecule has 5 nitrogen and oxygen atoms in total. The van der Waals surface area contributed by atoms with Gasteiger partial charge in [-0.05, 0) is 20.8 Å². The fraction of sp³-hybridized carbons (Fsp3) is 0.227. The van der Waals surface area contributed by atoms with E-state index in [-0.39, 0.29) is 17.2 Å². The zero-order chi connectivity index (χ0) is 20.3. The van der Waals surface area contributed by atoms with Crippen molar-refractivity contribution in [1.82, 2.24) is 4.57 Å². The van der Waals surface area contributed by atoms with Gasteiger partial charge in [0, 0.05) is 22.2 Å². The number of ketones is 1. The van der Waals surface area contributed by atoms with Crippen molar-refractivity contribution in [1.29, 1.82) is 0 Å². The van der Waals surface area contributed by atoms with Crippen LogP contribution in [0.25, 0.3) is 0 Å². The van der Waals surface area contributed by atoms with E-state index >= 15 is 0 Å². The number of nitrogens with zero attached hydrogens (tertiary/aromatic N) is 1. The number of aryl methyl sites for hydroxylation is 3. The Kier molecular flexibility index (Phi) is 5.90. The number of aromatic nitrogens is 1. The zero-order valence-electron chi connectivity index (χ0n) is 16.0. The largest absolute Gasteiger partial charge is 0.448 e. The van der Waals surface area contributed by atoms with Gasteiger partial charge in [0.15, 0.2) is 6.10 Å². The van der Waals surface area contributed by atoms with E-state index in [4.69, 9.17) is 4.74 Å². The lowest BCUT2D eigenvalue weighted by molar-refractivity contribution is -0.148. The van der Waals surface area contributed by atoms with Gasteiger partial charge < -0.3 is 4.74 Å². The quantitative estimate of drug-likeness (QED) is 0.467. The minimum Gasteiger partial charge on any atom is -0.448 e. The number of carbonyl (C=O) groups is 2. The zero-order valence-corrected chi connectivity index (χ0v) is 16.8. The number of benzene rings is 2. The summed E-state index contributed by atoms with van der Waals surface area (Å²) in [4.78, 5) is 37.2. The van der Waals surface area contributed by atoms with Gasteiger partial charge in [0.05, 0.1) is 0 Å². The standard InChI is InChI=1S/C22H21NO4S/c1-14-4-8-17(9-5-14)20(25)21(18-10-6-15(2)7-11-18)27-19(24)12-23-16(3)13-28-22(23)26/h4-11,13,21H,12H2,1-3H3. The topological polar surface area (TPSA) is 65.4 Å². The van der Waals surface area contributed by atoms with E-state index in [1.54, 1.807) is 36.6 Å². The van der Waals surface area contributed by atoms with Gasteiger partial charge in [0.2, 0.25) is 5.78 Å². The lowest BCUT2D eigenvalue weighted by Gasteiger charge is -2.18. The van der Waals surface area contributed by atoms with Gasteiger partial charge in [0.1, 0.15) is 6.54 Å². The van der Waals surface area contributed by atoms with Crippen LogP contribution >= 0.6 is 11.3 Å². The number of thiazole rings is 1. The molecule has 6 heteroatoms. The highest BCUT2D eigenvalue weighted by Gasteiger charge is 2.26. The molecule has 3 aromatic rings. The van der Waals surface area contributed by atoms with Gasteiger partial charge in [-0.15, -0.1) is 0 Å². The summed E-state index contributed by atoms with van der Waals surface area (Å²) in [6.07, 6.45) is -1.06. The maximum absolute atomic E-state index is 13.1. The van der Waals surface area contributed by atoms with Crippen LogP contribution in [0.1, 0.15) is 38.8 Å². The van der Waals surface area contributed by atoms with Gasteiger partial charge in [-0.3, -0.25) is 19.0 Å². The summed E-state index contributed by atoms with van der Waals surface area (Å²) in [6.45, 7) is 5.41. The Labute approximate surface area is 167 Å². The maximum atomic E-state index is 13.1. The molecule has 0 aliphatic carbocycles. The second kappa shape index (κ2) is 8.35. The summed E-state index contributed by atoms with van der Waals surface area (Å²) >= 11 is 1.03. The van der Waals surface area contributed by atoms with E-state index in [2.05, 4.69) is 0 Å². The van der Waals surface area contributed by atoms with Crippen LogP contribution in [0.5, 0.6) is 0 Å². The second-order valence-electron chi connectivity index (χ2n) is 6.74. The van der Waals surface area contributed by atoms with Gasteiger partial charge in [0.25, 0.3) is 0 Å². The highest BCUT2D eigenvalue weighted by Crippen LogP contribution is 2.24. The molecule has 1 unspecified atom stereocenters. The predicted molar refractivity (Wildman–Crippen MR) is 109 cm³/mol. The summed E-state index contributed by atoms with van der Waals surface area (Å²) in [6, 6.07) is 14.4. The normalized spacial score (nSPS) is 11.8. The van der Waals surface area contributed by atoms with E-state index in [0.717, 1.165) is 22.5 Å².